The van der Waals surface area contributed by atoms with Crippen LogP contribution in [-0.2, 0) is 14.3 Å². The van der Waals surface area contributed by atoms with Crippen LogP contribution in [0.1, 0.15) is 12.8 Å². The predicted molar refractivity (Wildman–Crippen MR) is 50.6 cm³/mol. The Morgan fingerprint density at radius 1 is 1.29 bits per heavy atom. The van der Waals surface area contributed by atoms with Crippen molar-refractivity contribution in [1.82, 2.24) is 4.90 Å². The molecule has 0 atom stereocenters. The van der Waals surface area contributed by atoms with Crippen molar-refractivity contribution >= 4 is 5.91 Å². The maximum Gasteiger partial charge on any atom is 0.245 e. The molecule has 2 rings (SSSR count). The molecule has 78 valence electrons. The van der Waals surface area contributed by atoms with Gasteiger partial charge in [0.15, 0.2) is 5.79 Å². The zero-order chi connectivity index (χ0) is 10.0. The molecule has 2 aliphatic rings. The van der Waals surface area contributed by atoms with Crippen molar-refractivity contribution < 1.29 is 14.3 Å². The van der Waals surface area contributed by atoms with Crippen molar-refractivity contribution in [3.8, 4) is 0 Å². The molecule has 0 bridgehead atoms. The molecule has 0 aromatic rings. The van der Waals surface area contributed by atoms with Crippen LogP contribution in [0.4, 0.5) is 0 Å². The van der Waals surface area contributed by atoms with Crippen molar-refractivity contribution in [1.29, 1.82) is 0 Å². The molecule has 2 heterocycles. The van der Waals surface area contributed by atoms with Gasteiger partial charge in [0.25, 0.3) is 0 Å². The summed E-state index contributed by atoms with van der Waals surface area (Å²) in [7, 11) is 0. The monoisotopic (exact) mass is 197 g/mol. The second-order valence-electron chi connectivity index (χ2n) is 3.64. The average molecular weight is 197 g/mol. The first-order valence-electron chi connectivity index (χ1n) is 4.95. The number of hydrogen-bond donors (Lipinski definition) is 0. The molecule has 0 aromatic heterocycles. The van der Waals surface area contributed by atoms with Crippen LogP contribution in [0, 0.1) is 0 Å². The maximum absolute atomic E-state index is 11.3. The third kappa shape index (κ3) is 1.67. The summed E-state index contributed by atoms with van der Waals surface area (Å²) in [5.41, 5.74) is 0. The molecule has 0 saturated carbocycles. The fraction of sp³-hybridized carbons (Fsp3) is 0.700. The third-order valence-electron chi connectivity index (χ3n) is 2.83. The Kier molecular flexibility index (Phi) is 2.56. The molecule has 0 N–H and O–H groups in total. The number of carbonyl (C=O) groups excluding carboxylic acids is 1. The Labute approximate surface area is 83.5 Å². The summed E-state index contributed by atoms with van der Waals surface area (Å²) in [5, 5.41) is 0. The number of piperidine rings is 1. The van der Waals surface area contributed by atoms with Crippen molar-refractivity contribution in [2.24, 2.45) is 0 Å². The largest absolute Gasteiger partial charge is 0.347 e. The molecule has 14 heavy (non-hydrogen) atoms. The molecule has 1 amide bonds. The van der Waals surface area contributed by atoms with Crippen molar-refractivity contribution in [3.05, 3.63) is 12.7 Å². The fourth-order valence-corrected chi connectivity index (χ4v) is 1.98. The molecule has 1 spiro atoms. The van der Waals surface area contributed by atoms with E-state index in [9.17, 15) is 4.79 Å². The van der Waals surface area contributed by atoms with E-state index in [1.807, 2.05) is 0 Å². The standard InChI is InChI=1S/C10H15NO3/c1-2-9(12)11-5-3-10(4-6-11)13-7-8-14-10/h2H,1,3-8H2. The van der Waals surface area contributed by atoms with E-state index in [-0.39, 0.29) is 5.91 Å². The lowest BCUT2D eigenvalue weighted by atomic mass is 10.0. The SMILES string of the molecule is C=CC(=O)N1CCC2(CC1)OCCO2. The topological polar surface area (TPSA) is 38.8 Å². The summed E-state index contributed by atoms with van der Waals surface area (Å²) in [5.74, 6) is -0.393. The lowest BCUT2D eigenvalue weighted by Crippen LogP contribution is -2.46. The van der Waals surface area contributed by atoms with E-state index in [1.54, 1.807) is 4.90 Å². The van der Waals surface area contributed by atoms with E-state index in [0.29, 0.717) is 26.3 Å². The number of rotatable bonds is 1. The lowest BCUT2D eigenvalue weighted by Gasteiger charge is -2.37. The Hall–Kier alpha value is -0.870. The van der Waals surface area contributed by atoms with E-state index in [2.05, 4.69) is 6.58 Å². The molecular weight excluding hydrogens is 182 g/mol. The first-order chi connectivity index (χ1) is 6.76. The van der Waals surface area contributed by atoms with Gasteiger partial charge in [-0.3, -0.25) is 4.79 Å². The minimum absolute atomic E-state index is 0.00199. The molecule has 0 radical (unpaired) electrons. The molecule has 2 aliphatic heterocycles. The van der Waals surface area contributed by atoms with Gasteiger partial charge in [-0.2, -0.15) is 0 Å². The Morgan fingerprint density at radius 3 is 2.36 bits per heavy atom. The van der Waals surface area contributed by atoms with Gasteiger partial charge in [0.05, 0.1) is 13.2 Å². The predicted octanol–water partition coefficient (Wildman–Crippen LogP) is 0.538. The highest BCUT2D eigenvalue weighted by atomic mass is 16.7. The molecule has 0 aliphatic carbocycles. The summed E-state index contributed by atoms with van der Waals surface area (Å²) in [4.78, 5) is 13.1. The highest BCUT2D eigenvalue weighted by molar-refractivity contribution is 5.87. The zero-order valence-electron chi connectivity index (χ0n) is 8.20. The van der Waals surface area contributed by atoms with Crippen LogP contribution in [0.2, 0.25) is 0 Å². The van der Waals surface area contributed by atoms with E-state index in [1.165, 1.54) is 6.08 Å². The van der Waals surface area contributed by atoms with E-state index >= 15 is 0 Å². The van der Waals surface area contributed by atoms with Gasteiger partial charge in [-0.15, -0.1) is 0 Å². The van der Waals surface area contributed by atoms with Gasteiger partial charge in [-0.05, 0) is 6.08 Å². The third-order valence-corrected chi connectivity index (χ3v) is 2.83. The first-order valence-corrected chi connectivity index (χ1v) is 4.95. The molecular formula is C10H15NO3. The Bertz CT molecular complexity index is 236. The smallest absolute Gasteiger partial charge is 0.245 e. The van der Waals surface area contributed by atoms with Gasteiger partial charge in [-0.1, -0.05) is 6.58 Å². The quantitative estimate of drug-likeness (QED) is 0.576. The van der Waals surface area contributed by atoms with Crippen LogP contribution in [0.3, 0.4) is 0 Å². The number of amides is 1. The van der Waals surface area contributed by atoms with E-state index < -0.39 is 5.79 Å². The number of nitrogens with zero attached hydrogens (tertiary/aromatic N) is 1. The van der Waals surface area contributed by atoms with Crippen LogP contribution < -0.4 is 0 Å². The minimum Gasteiger partial charge on any atom is -0.347 e. The lowest BCUT2D eigenvalue weighted by molar-refractivity contribution is -0.186. The van der Waals surface area contributed by atoms with Crippen molar-refractivity contribution in [2.75, 3.05) is 26.3 Å². The van der Waals surface area contributed by atoms with Gasteiger partial charge in [-0.25, -0.2) is 0 Å². The molecule has 0 aromatic carbocycles. The number of ether oxygens (including phenoxy) is 2. The summed E-state index contributed by atoms with van der Waals surface area (Å²) in [6, 6.07) is 0. The first kappa shape index (κ1) is 9.68. The second kappa shape index (κ2) is 3.71. The van der Waals surface area contributed by atoms with E-state index in [0.717, 1.165) is 12.8 Å². The number of carbonyl (C=O) groups is 1. The van der Waals surface area contributed by atoms with Crippen LogP contribution in [0.25, 0.3) is 0 Å². The maximum atomic E-state index is 11.3. The molecule has 0 unspecified atom stereocenters. The van der Waals surface area contributed by atoms with Gasteiger partial charge < -0.3 is 14.4 Å². The van der Waals surface area contributed by atoms with Gasteiger partial charge in [0.2, 0.25) is 5.91 Å². The average Bonchev–Trinajstić information content (AvgIpc) is 2.67. The van der Waals surface area contributed by atoms with Crippen LogP contribution >= 0.6 is 0 Å². The van der Waals surface area contributed by atoms with E-state index in [4.69, 9.17) is 9.47 Å². The van der Waals surface area contributed by atoms with Crippen LogP contribution in [-0.4, -0.2) is 42.9 Å². The highest BCUT2D eigenvalue weighted by Crippen LogP contribution is 2.31. The zero-order valence-corrected chi connectivity index (χ0v) is 8.20. The minimum atomic E-state index is -0.391. The number of hydrogen-bond acceptors (Lipinski definition) is 3. The fourth-order valence-electron chi connectivity index (χ4n) is 1.98. The van der Waals surface area contributed by atoms with Crippen molar-refractivity contribution in [2.45, 2.75) is 18.6 Å². The van der Waals surface area contributed by atoms with Gasteiger partial charge in [0.1, 0.15) is 0 Å². The molecule has 2 fully saturated rings. The number of likely N-dealkylation sites (tertiary alicyclic amines) is 1. The molecule has 2 saturated heterocycles. The molecule has 4 heteroatoms. The summed E-state index contributed by atoms with van der Waals surface area (Å²) in [6.07, 6.45) is 2.90. The van der Waals surface area contributed by atoms with Crippen LogP contribution in [0.15, 0.2) is 12.7 Å². The summed E-state index contributed by atoms with van der Waals surface area (Å²) < 4.78 is 11.1. The Morgan fingerprint density at radius 2 is 1.86 bits per heavy atom. The molecule has 4 nitrogen and oxygen atoms in total. The summed E-state index contributed by atoms with van der Waals surface area (Å²) >= 11 is 0. The van der Waals surface area contributed by atoms with Crippen LogP contribution in [0.5, 0.6) is 0 Å². The van der Waals surface area contributed by atoms with Gasteiger partial charge >= 0.3 is 0 Å². The highest BCUT2D eigenvalue weighted by Gasteiger charge is 2.40. The Balaban J connectivity index is 1.91. The normalized spacial score (nSPS) is 25.3. The van der Waals surface area contributed by atoms with Gasteiger partial charge in [0, 0.05) is 25.9 Å². The second-order valence-corrected chi connectivity index (χ2v) is 3.64. The summed E-state index contributed by atoms with van der Waals surface area (Å²) in [6.45, 7) is 6.22. The van der Waals surface area contributed by atoms with Crippen molar-refractivity contribution in [3.63, 3.8) is 0 Å².